The summed E-state index contributed by atoms with van der Waals surface area (Å²) < 4.78 is 16.7. The molecule has 0 unspecified atom stereocenters. The van der Waals surface area contributed by atoms with E-state index in [9.17, 15) is 9.90 Å². The summed E-state index contributed by atoms with van der Waals surface area (Å²) in [5, 5.41) is 17.2. The molecule has 34 heavy (non-hydrogen) atoms. The molecule has 7 heteroatoms. The SMILES string of the molecule is CCOC(=O)CCc1ccc(OCCCCCOc2cc(O)c(-c3ccn[nH]3)cc2CC)cc1. The molecule has 1 heterocycles. The normalized spacial score (nSPS) is 10.8. The summed E-state index contributed by atoms with van der Waals surface area (Å²) in [5.74, 6) is 1.57. The van der Waals surface area contributed by atoms with Gasteiger partial charge in [-0.25, -0.2) is 0 Å². The Morgan fingerprint density at radius 1 is 1.00 bits per heavy atom. The summed E-state index contributed by atoms with van der Waals surface area (Å²) in [6, 6.07) is 13.3. The molecule has 3 rings (SSSR count). The second-order valence-electron chi connectivity index (χ2n) is 8.01. The Kier molecular flexibility index (Phi) is 9.82. The van der Waals surface area contributed by atoms with Gasteiger partial charge >= 0.3 is 5.97 Å². The summed E-state index contributed by atoms with van der Waals surface area (Å²) in [6.45, 7) is 5.53. The highest BCUT2D eigenvalue weighted by atomic mass is 16.5. The highest BCUT2D eigenvalue weighted by Crippen LogP contribution is 2.34. The van der Waals surface area contributed by atoms with E-state index in [4.69, 9.17) is 14.2 Å². The van der Waals surface area contributed by atoms with E-state index in [1.807, 2.05) is 43.3 Å². The Morgan fingerprint density at radius 3 is 2.44 bits per heavy atom. The predicted octanol–water partition coefficient (Wildman–Crippen LogP) is 5.47. The zero-order chi connectivity index (χ0) is 24.2. The van der Waals surface area contributed by atoms with Crippen LogP contribution in [-0.4, -0.2) is 41.1 Å². The molecule has 7 nitrogen and oxygen atoms in total. The zero-order valence-corrected chi connectivity index (χ0v) is 20.0. The van der Waals surface area contributed by atoms with E-state index in [-0.39, 0.29) is 11.7 Å². The van der Waals surface area contributed by atoms with Gasteiger partial charge in [0.2, 0.25) is 0 Å². The number of aromatic amines is 1. The largest absolute Gasteiger partial charge is 0.507 e. The number of H-pyrrole nitrogens is 1. The van der Waals surface area contributed by atoms with Gasteiger partial charge in [0.05, 0.1) is 25.5 Å². The highest BCUT2D eigenvalue weighted by molar-refractivity contribution is 5.70. The third kappa shape index (κ3) is 7.54. The summed E-state index contributed by atoms with van der Waals surface area (Å²) in [6.07, 6.45) is 6.36. The fourth-order valence-corrected chi connectivity index (χ4v) is 3.63. The number of carbonyl (C=O) groups excluding carboxylic acids is 1. The van der Waals surface area contributed by atoms with Crippen molar-refractivity contribution in [2.24, 2.45) is 0 Å². The van der Waals surface area contributed by atoms with Crippen LogP contribution in [0, 0.1) is 0 Å². The van der Waals surface area contributed by atoms with E-state index in [1.165, 1.54) is 0 Å². The number of phenolic OH excluding ortho intramolecular Hbond substituents is 1. The van der Waals surface area contributed by atoms with Crippen LogP contribution in [0.5, 0.6) is 17.2 Å². The predicted molar refractivity (Wildman–Crippen MR) is 131 cm³/mol. The number of hydrogen-bond acceptors (Lipinski definition) is 6. The summed E-state index contributed by atoms with van der Waals surface area (Å²) in [4.78, 5) is 11.4. The molecular weight excluding hydrogens is 432 g/mol. The van der Waals surface area contributed by atoms with Gasteiger partial charge in [0.15, 0.2) is 0 Å². The lowest BCUT2D eigenvalue weighted by molar-refractivity contribution is -0.143. The Bertz CT molecular complexity index is 1020. The number of unbranched alkanes of at least 4 members (excludes halogenated alkanes) is 2. The lowest BCUT2D eigenvalue weighted by Crippen LogP contribution is -2.05. The third-order valence-electron chi connectivity index (χ3n) is 5.51. The van der Waals surface area contributed by atoms with E-state index >= 15 is 0 Å². The highest BCUT2D eigenvalue weighted by Gasteiger charge is 2.12. The topological polar surface area (TPSA) is 93.7 Å². The standard InChI is InChI=1S/C27H34N2O5/c1-3-21-18-23(24-14-15-28-29-24)25(30)19-26(21)34-17-7-5-6-16-33-22-11-8-20(9-12-22)10-13-27(31)32-4-2/h8-9,11-12,14-15,18-19,30H,3-7,10,13,16-17H2,1-2H3,(H,28,29). The van der Waals surface area contributed by atoms with Crippen LogP contribution in [0.4, 0.5) is 0 Å². The lowest BCUT2D eigenvalue weighted by atomic mass is 10.0. The molecule has 1 aromatic heterocycles. The van der Waals surface area contributed by atoms with E-state index in [2.05, 4.69) is 17.1 Å². The minimum Gasteiger partial charge on any atom is -0.507 e. The minimum absolute atomic E-state index is 0.166. The second-order valence-corrected chi connectivity index (χ2v) is 8.01. The molecule has 0 amide bonds. The molecule has 0 aliphatic carbocycles. The molecule has 0 fully saturated rings. The van der Waals surface area contributed by atoms with Crippen LogP contribution in [-0.2, 0) is 22.4 Å². The second kappa shape index (κ2) is 13.3. The van der Waals surface area contributed by atoms with Gasteiger partial charge < -0.3 is 19.3 Å². The number of nitrogens with one attached hydrogen (secondary N) is 1. The van der Waals surface area contributed by atoms with Gasteiger partial charge in [0, 0.05) is 24.2 Å². The number of hydrogen-bond donors (Lipinski definition) is 2. The maximum Gasteiger partial charge on any atom is 0.306 e. The summed E-state index contributed by atoms with van der Waals surface area (Å²) in [7, 11) is 0. The molecule has 0 aliphatic heterocycles. The molecule has 0 bridgehead atoms. The number of aryl methyl sites for hydroxylation is 2. The lowest BCUT2D eigenvalue weighted by Gasteiger charge is -2.13. The molecule has 0 saturated carbocycles. The van der Waals surface area contributed by atoms with Gasteiger partial charge in [0.1, 0.15) is 17.2 Å². The maximum absolute atomic E-state index is 11.4. The molecular formula is C27H34N2O5. The Morgan fingerprint density at radius 2 is 1.76 bits per heavy atom. The minimum atomic E-state index is -0.166. The van der Waals surface area contributed by atoms with Crippen LogP contribution in [0.2, 0.25) is 0 Å². The van der Waals surface area contributed by atoms with Crippen LogP contribution >= 0.6 is 0 Å². The average molecular weight is 467 g/mol. The van der Waals surface area contributed by atoms with Gasteiger partial charge in [-0.1, -0.05) is 19.1 Å². The van der Waals surface area contributed by atoms with Crippen molar-refractivity contribution >= 4 is 5.97 Å². The van der Waals surface area contributed by atoms with Gasteiger partial charge in [-0.3, -0.25) is 9.89 Å². The molecule has 2 aromatic carbocycles. The van der Waals surface area contributed by atoms with Crippen LogP contribution in [0.1, 0.15) is 50.7 Å². The molecule has 0 atom stereocenters. The number of rotatable bonds is 14. The van der Waals surface area contributed by atoms with Gasteiger partial charge in [-0.2, -0.15) is 5.10 Å². The fourth-order valence-electron chi connectivity index (χ4n) is 3.63. The first-order valence-electron chi connectivity index (χ1n) is 12.0. The van der Waals surface area contributed by atoms with E-state index in [1.54, 1.807) is 12.3 Å². The van der Waals surface area contributed by atoms with Crippen molar-refractivity contribution < 1.29 is 24.1 Å². The van der Waals surface area contributed by atoms with E-state index < -0.39 is 0 Å². The molecule has 0 saturated heterocycles. The third-order valence-corrected chi connectivity index (χ3v) is 5.51. The number of esters is 1. The van der Waals surface area contributed by atoms with Crippen molar-refractivity contribution in [1.29, 1.82) is 0 Å². The van der Waals surface area contributed by atoms with E-state index in [0.717, 1.165) is 59.6 Å². The zero-order valence-electron chi connectivity index (χ0n) is 20.0. The average Bonchev–Trinajstić information content (AvgIpc) is 3.38. The van der Waals surface area contributed by atoms with Crippen molar-refractivity contribution in [3.05, 3.63) is 59.8 Å². The Hall–Kier alpha value is -3.48. The van der Waals surface area contributed by atoms with Crippen molar-refractivity contribution in [3.8, 4) is 28.5 Å². The van der Waals surface area contributed by atoms with Crippen LogP contribution in [0.15, 0.2) is 48.7 Å². The number of benzene rings is 2. The molecule has 182 valence electrons. The molecule has 0 aliphatic rings. The summed E-state index contributed by atoms with van der Waals surface area (Å²) >= 11 is 0. The Balaban J connectivity index is 1.34. The number of ether oxygens (including phenoxy) is 3. The number of nitrogens with zero attached hydrogens (tertiary/aromatic N) is 1. The van der Waals surface area contributed by atoms with Crippen LogP contribution in [0.3, 0.4) is 0 Å². The van der Waals surface area contributed by atoms with Crippen molar-refractivity contribution in [2.75, 3.05) is 19.8 Å². The van der Waals surface area contributed by atoms with Gasteiger partial charge in [-0.05, 0) is 74.4 Å². The Labute approximate surface area is 201 Å². The monoisotopic (exact) mass is 466 g/mol. The first-order valence-corrected chi connectivity index (χ1v) is 12.0. The first-order chi connectivity index (χ1) is 16.6. The van der Waals surface area contributed by atoms with Gasteiger partial charge in [-0.15, -0.1) is 0 Å². The van der Waals surface area contributed by atoms with Crippen molar-refractivity contribution in [3.63, 3.8) is 0 Å². The van der Waals surface area contributed by atoms with Crippen LogP contribution < -0.4 is 9.47 Å². The number of phenols is 1. The summed E-state index contributed by atoms with van der Waals surface area (Å²) in [5.41, 5.74) is 3.65. The van der Waals surface area contributed by atoms with Gasteiger partial charge in [0.25, 0.3) is 0 Å². The van der Waals surface area contributed by atoms with Crippen molar-refractivity contribution in [1.82, 2.24) is 10.2 Å². The maximum atomic E-state index is 11.4. The first kappa shape index (κ1) is 25.1. The number of aromatic nitrogens is 2. The quantitative estimate of drug-likeness (QED) is 0.242. The molecule has 0 spiro atoms. The van der Waals surface area contributed by atoms with Crippen molar-refractivity contribution in [2.45, 2.75) is 52.4 Å². The molecule has 3 aromatic rings. The smallest absolute Gasteiger partial charge is 0.306 e. The fraction of sp³-hybridized carbons (Fsp3) is 0.407. The van der Waals surface area contributed by atoms with Crippen LogP contribution in [0.25, 0.3) is 11.3 Å². The number of carbonyl (C=O) groups is 1. The molecule has 0 radical (unpaired) electrons. The number of aromatic hydroxyl groups is 1. The molecule has 2 N–H and O–H groups in total. The van der Waals surface area contributed by atoms with E-state index in [0.29, 0.717) is 32.7 Å².